The summed E-state index contributed by atoms with van der Waals surface area (Å²) in [4.78, 5) is 12.3. The Labute approximate surface area is 125 Å². The monoisotopic (exact) mass is 283 g/mol. The van der Waals surface area contributed by atoms with Crippen molar-refractivity contribution in [2.24, 2.45) is 0 Å². The molecule has 21 heavy (non-hydrogen) atoms. The van der Waals surface area contributed by atoms with Crippen LogP contribution in [0.25, 0.3) is 0 Å². The van der Waals surface area contributed by atoms with Crippen molar-refractivity contribution in [2.75, 3.05) is 0 Å². The number of benzene rings is 1. The number of hydrogen-bond donors (Lipinski definition) is 1. The van der Waals surface area contributed by atoms with Crippen molar-refractivity contribution < 1.29 is 4.79 Å². The lowest BCUT2D eigenvalue weighted by atomic mass is 10.1. The van der Waals surface area contributed by atoms with Gasteiger partial charge in [-0.1, -0.05) is 6.07 Å². The molecule has 0 saturated heterocycles. The topological polar surface area (TPSA) is 46.9 Å². The van der Waals surface area contributed by atoms with Gasteiger partial charge in [-0.05, 0) is 56.4 Å². The molecule has 0 bridgehead atoms. The van der Waals surface area contributed by atoms with E-state index in [0.717, 1.165) is 36.2 Å². The van der Waals surface area contributed by atoms with Gasteiger partial charge in [0.2, 0.25) is 0 Å². The quantitative estimate of drug-likeness (QED) is 0.937. The Morgan fingerprint density at radius 2 is 2.14 bits per heavy atom. The Morgan fingerprint density at radius 1 is 1.33 bits per heavy atom. The average molecular weight is 283 g/mol. The summed E-state index contributed by atoms with van der Waals surface area (Å²) in [6.07, 6.45) is 5.28. The van der Waals surface area contributed by atoms with Crippen molar-refractivity contribution in [3.05, 3.63) is 52.3 Å². The summed E-state index contributed by atoms with van der Waals surface area (Å²) in [5, 5.41) is 7.29. The van der Waals surface area contributed by atoms with E-state index >= 15 is 0 Å². The minimum atomic E-state index is -0.00616. The third-order valence-electron chi connectivity index (χ3n) is 4.30. The van der Waals surface area contributed by atoms with Crippen molar-refractivity contribution in [3.8, 4) is 0 Å². The van der Waals surface area contributed by atoms with Crippen molar-refractivity contribution in [3.63, 3.8) is 0 Å². The molecule has 1 heterocycles. The number of rotatable bonds is 4. The molecule has 110 valence electrons. The van der Waals surface area contributed by atoms with Crippen LogP contribution >= 0.6 is 0 Å². The summed E-state index contributed by atoms with van der Waals surface area (Å²) in [7, 11) is 0. The van der Waals surface area contributed by atoms with Crippen LogP contribution < -0.4 is 5.32 Å². The second kappa shape index (κ2) is 5.72. The van der Waals surface area contributed by atoms with Crippen LogP contribution in [0.5, 0.6) is 0 Å². The van der Waals surface area contributed by atoms with Crippen LogP contribution in [0.1, 0.15) is 46.1 Å². The van der Waals surface area contributed by atoms with Gasteiger partial charge in [-0.25, -0.2) is 0 Å². The summed E-state index contributed by atoms with van der Waals surface area (Å²) in [5.41, 5.74) is 5.68. The van der Waals surface area contributed by atoms with Crippen molar-refractivity contribution >= 4 is 5.91 Å². The van der Waals surface area contributed by atoms with Crippen LogP contribution in [0.3, 0.4) is 0 Å². The normalized spacial score (nSPS) is 13.2. The van der Waals surface area contributed by atoms with E-state index in [0.29, 0.717) is 6.54 Å². The molecule has 4 heteroatoms. The molecular formula is C17H21N3O. The first kappa shape index (κ1) is 13.9. The summed E-state index contributed by atoms with van der Waals surface area (Å²) >= 11 is 0. The minimum absolute atomic E-state index is 0.00616. The summed E-state index contributed by atoms with van der Waals surface area (Å²) in [6, 6.07) is 6.07. The molecule has 2 aromatic rings. The maximum Gasteiger partial charge on any atom is 0.251 e. The smallest absolute Gasteiger partial charge is 0.251 e. The number of nitrogens with zero attached hydrogens (tertiary/aromatic N) is 2. The molecular weight excluding hydrogens is 262 g/mol. The Kier molecular flexibility index (Phi) is 3.78. The number of amides is 1. The van der Waals surface area contributed by atoms with E-state index in [9.17, 15) is 4.79 Å². The van der Waals surface area contributed by atoms with E-state index in [2.05, 4.69) is 23.4 Å². The highest BCUT2D eigenvalue weighted by molar-refractivity contribution is 5.94. The lowest BCUT2D eigenvalue weighted by molar-refractivity contribution is 0.0951. The second-order valence-electron chi connectivity index (χ2n) is 5.59. The molecule has 0 radical (unpaired) electrons. The molecule has 1 aromatic carbocycles. The van der Waals surface area contributed by atoms with Gasteiger partial charge in [0.1, 0.15) is 0 Å². The molecule has 0 spiro atoms. The number of aryl methyl sites for hydroxylation is 3. The Balaban J connectivity index is 1.67. The number of aromatic nitrogens is 2. The SMILES string of the molecule is CCn1ncc(CNC(=O)c2ccc3c(c2)CCC3)c1C. The van der Waals surface area contributed by atoms with Crippen LogP contribution in [-0.2, 0) is 25.9 Å². The van der Waals surface area contributed by atoms with E-state index in [4.69, 9.17) is 0 Å². The van der Waals surface area contributed by atoms with Crippen LogP contribution in [0, 0.1) is 6.92 Å². The molecule has 0 unspecified atom stereocenters. The molecule has 1 aliphatic carbocycles. The largest absolute Gasteiger partial charge is 0.348 e. The maximum absolute atomic E-state index is 12.3. The van der Waals surface area contributed by atoms with Crippen LogP contribution in [-0.4, -0.2) is 15.7 Å². The van der Waals surface area contributed by atoms with Gasteiger partial charge >= 0.3 is 0 Å². The lowest BCUT2D eigenvalue weighted by Gasteiger charge is -2.07. The number of fused-ring (bicyclic) bond motifs is 1. The van der Waals surface area contributed by atoms with Gasteiger partial charge in [-0.2, -0.15) is 5.10 Å². The molecule has 3 rings (SSSR count). The zero-order valence-electron chi connectivity index (χ0n) is 12.6. The van der Waals surface area contributed by atoms with Gasteiger partial charge < -0.3 is 5.32 Å². The first-order valence-electron chi connectivity index (χ1n) is 7.60. The van der Waals surface area contributed by atoms with Crippen molar-refractivity contribution in [2.45, 2.75) is 46.2 Å². The molecule has 0 saturated carbocycles. The van der Waals surface area contributed by atoms with Crippen LogP contribution in [0.4, 0.5) is 0 Å². The fourth-order valence-electron chi connectivity index (χ4n) is 2.97. The average Bonchev–Trinajstić information content (AvgIpc) is 3.10. The van der Waals surface area contributed by atoms with Gasteiger partial charge in [0.05, 0.1) is 6.20 Å². The maximum atomic E-state index is 12.3. The Hall–Kier alpha value is -2.10. The van der Waals surface area contributed by atoms with Gasteiger partial charge in [0.15, 0.2) is 0 Å². The highest BCUT2D eigenvalue weighted by Crippen LogP contribution is 2.22. The van der Waals surface area contributed by atoms with E-state index in [1.807, 2.05) is 29.9 Å². The molecule has 0 aliphatic heterocycles. The first-order chi connectivity index (χ1) is 10.2. The summed E-state index contributed by atoms with van der Waals surface area (Å²) < 4.78 is 1.94. The number of hydrogen-bond acceptors (Lipinski definition) is 2. The number of carbonyl (C=O) groups is 1. The second-order valence-corrected chi connectivity index (χ2v) is 5.59. The highest BCUT2D eigenvalue weighted by atomic mass is 16.1. The van der Waals surface area contributed by atoms with Crippen molar-refractivity contribution in [1.82, 2.24) is 15.1 Å². The summed E-state index contributed by atoms with van der Waals surface area (Å²) in [6.45, 7) is 5.48. The summed E-state index contributed by atoms with van der Waals surface area (Å²) in [5.74, 6) is -0.00616. The fraction of sp³-hybridized carbons (Fsp3) is 0.412. The third-order valence-corrected chi connectivity index (χ3v) is 4.30. The van der Waals surface area contributed by atoms with Gasteiger partial charge in [0, 0.05) is 29.9 Å². The Bertz CT molecular complexity index is 673. The molecule has 1 amide bonds. The lowest BCUT2D eigenvalue weighted by Crippen LogP contribution is -2.23. The van der Waals surface area contributed by atoms with Gasteiger partial charge in [0.25, 0.3) is 5.91 Å². The van der Waals surface area contributed by atoms with E-state index in [1.165, 1.54) is 17.5 Å². The number of nitrogens with one attached hydrogen (secondary N) is 1. The minimum Gasteiger partial charge on any atom is -0.348 e. The Morgan fingerprint density at radius 3 is 2.90 bits per heavy atom. The van der Waals surface area contributed by atoms with Crippen LogP contribution in [0.2, 0.25) is 0 Å². The van der Waals surface area contributed by atoms with Gasteiger partial charge in [-0.15, -0.1) is 0 Å². The van der Waals surface area contributed by atoms with E-state index < -0.39 is 0 Å². The van der Waals surface area contributed by atoms with E-state index in [1.54, 1.807) is 0 Å². The molecule has 0 atom stereocenters. The highest BCUT2D eigenvalue weighted by Gasteiger charge is 2.14. The molecule has 1 aliphatic rings. The van der Waals surface area contributed by atoms with Crippen LogP contribution in [0.15, 0.2) is 24.4 Å². The first-order valence-corrected chi connectivity index (χ1v) is 7.60. The third kappa shape index (κ3) is 2.71. The predicted molar refractivity (Wildman–Crippen MR) is 82.3 cm³/mol. The zero-order valence-corrected chi connectivity index (χ0v) is 12.6. The zero-order chi connectivity index (χ0) is 14.8. The molecule has 0 fully saturated rings. The fourth-order valence-corrected chi connectivity index (χ4v) is 2.97. The predicted octanol–water partition coefficient (Wildman–Crippen LogP) is 2.63. The molecule has 4 nitrogen and oxygen atoms in total. The molecule has 1 N–H and O–H groups in total. The van der Waals surface area contributed by atoms with E-state index in [-0.39, 0.29) is 5.91 Å². The molecule has 1 aromatic heterocycles. The standard InChI is InChI=1S/C17H21N3O/c1-3-20-12(2)16(11-19-20)10-18-17(21)15-8-7-13-5-4-6-14(13)9-15/h7-9,11H,3-6,10H2,1-2H3,(H,18,21). The number of carbonyl (C=O) groups excluding carboxylic acids is 1. The van der Waals surface area contributed by atoms with Crippen molar-refractivity contribution in [1.29, 1.82) is 0 Å². The van der Waals surface area contributed by atoms with Gasteiger partial charge in [-0.3, -0.25) is 9.48 Å².